The lowest BCUT2D eigenvalue weighted by Crippen LogP contribution is -2.42. The van der Waals surface area contributed by atoms with Crippen LogP contribution in [0.2, 0.25) is 0 Å². The molecular weight excluding hydrogens is 192 g/mol. The van der Waals surface area contributed by atoms with Gasteiger partial charge in [-0.05, 0) is 32.4 Å². The summed E-state index contributed by atoms with van der Waals surface area (Å²) in [5, 5.41) is 11.7. The fraction of sp³-hybridized carbons (Fsp3) is 0.545. The number of rotatable bonds is 3. The molecule has 0 radical (unpaired) electrons. The number of nitrogens with zero attached hydrogens (tertiary/aromatic N) is 1. The van der Waals surface area contributed by atoms with Gasteiger partial charge in [-0.15, -0.1) is 0 Å². The van der Waals surface area contributed by atoms with Crippen LogP contribution in [0.15, 0.2) is 18.5 Å². The second-order valence-corrected chi connectivity index (χ2v) is 4.65. The Balaban J connectivity index is 2.51. The summed E-state index contributed by atoms with van der Waals surface area (Å²) in [6.45, 7) is 6.13. The monoisotopic (exact) mass is 210 g/mol. The largest absolute Gasteiger partial charge is 0.392 e. The summed E-state index contributed by atoms with van der Waals surface area (Å²) in [4.78, 5) is 11.5. The predicted molar refractivity (Wildman–Crippen MR) is 58.3 cm³/mol. The summed E-state index contributed by atoms with van der Waals surface area (Å²) >= 11 is 0. The van der Waals surface area contributed by atoms with Crippen LogP contribution in [0.5, 0.6) is 0 Å². The summed E-state index contributed by atoms with van der Waals surface area (Å²) < 4.78 is 1.76. The molecular formula is C11H18N2O2. The highest BCUT2D eigenvalue weighted by Gasteiger charge is 2.13. The third kappa shape index (κ3) is 4.16. The van der Waals surface area contributed by atoms with Gasteiger partial charge >= 0.3 is 0 Å². The van der Waals surface area contributed by atoms with Crippen LogP contribution in [0, 0.1) is 0 Å². The van der Waals surface area contributed by atoms with E-state index in [1.54, 1.807) is 23.0 Å². The number of hydrogen-bond acceptors (Lipinski definition) is 2. The summed E-state index contributed by atoms with van der Waals surface area (Å²) in [5.41, 5.74) is 0.614. The van der Waals surface area contributed by atoms with Crippen molar-refractivity contribution in [2.75, 3.05) is 0 Å². The predicted octanol–water partition coefficient (Wildman–Crippen LogP) is 0.895. The fourth-order valence-electron chi connectivity index (χ4n) is 1.31. The minimum Gasteiger partial charge on any atom is -0.392 e. The van der Waals surface area contributed by atoms with Gasteiger partial charge in [-0.1, -0.05) is 0 Å². The van der Waals surface area contributed by atoms with Crippen LogP contribution in [0.4, 0.5) is 0 Å². The van der Waals surface area contributed by atoms with Gasteiger partial charge in [-0.3, -0.25) is 4.79 Å². The van der Waals surface area contributed by atoms with Crippen molar-refractivity contribution in [2.24, 2.45) is 0 Å². The second kappa shape index (κ2) is 4.49. The van der Waals surface area contributed by atoms with E-state index in [2.05, 4.69) is 5.32 Å². The lowest BCUT2D eigenvalue weighted by atomic mass is 10.1. The Labute approximate surface area is 89.9 Å². The maximum absolute atomic E-state index is 11.5. The van der Waals surface area contributed by atoms with Crippen LogP contribution < -0.4 is 5.32 Å². The number of aliphatic hydroxyl groups excluding tert-OH is 1. The number of nitrogens with one attached hydrogen (secondary N) is 1. The van der Waals surface area contributed by atoms with Crippen molar-refractivity contribution in [2.45, 2.75) is 39.5 Å². The standard InChI is InChI=1S/C11H18N2O2/c1-11(2,3)12-10(15)7-13-5-4-9(6-13)8-14/h4-6,14H,7-8H2,1-3H3,(H,12,15). The Bertz CT molecular complexity index is 337. The van der Waals surface area contributed by atoms with Gasteiger partial charge in [0.1, 0.15) is 6.54 Å². The van der Waals surface area contributed by atoms with E-state index in [9.17, 15) is 4.79 Å². The van der Waals surface area contributed by atoms with Crippen LogP contribution in [-0.2, 0) is 17.9 Å². The van der Waals surface area contributed by atoms with Crippen LogP contribution in [0.1, 0.15) is 26.3 Å². The Kier molecular flexibility index (Phi) is 3.52. The van der Waals surface area contributed by atoms with Gasteiger partial charge in [0.05, 0.1) is 6.61 Å². The van der Waals surface area contributed by atoms with Crippen LogP contribution >= 0.6 is 0 Å². The molecule has 2 N–H and O–H groups in total. The van der Waals surface area contributed by atoms with E-state index in [0.717, 1.165) is 5.56 Å². The molecule has 0 unspecified atom stereocenters. The van der Waals surface area contributed by atoms with E-state index < -0.39 is 0 Å². The first-order chi connectivity index (χ1) is 6.90. The molecule has 0 aliphatic carbocycles. The molecule has 84 valence electrons. The highest BCUT2D eigenvalue weighted by atomic mass is 16.3. The molecule has 1 aromatic rings. The van der Waals surface area contributed by atoms with Crippen molar-refractivity contribution in [3.8, 4) is 0 Å². The average Bonchev–Trinajstić information content (AvgIpc) is 2.48. The third-order valence-corrected chi connectivity index (χ3v) is 1.83. The van der Waals surface area contributed by atoms with Gasteiger partial charge in [0, 0.05) is 17.9 Å². The zero-order valence-corrected chi connectivity index (χ0v) is 9.45. The van der Waals surface area contributed by atoms with E-state index in [4.69, 9.17) is 5.11 Å². The van der Waals surface area contributed by atoms with Crippen molar-refractivity contribution in [3.63, 3.8) is 0 Å². The van der Waals surface area contributed by atoms with E-state index >= 15 is 0 Å². The SMILES string of the molecule is CC(C)(C)NC(=O)Cn1ccc(CO)c1. The highest BCUT2D eigenvalue weighted by molar-refractivity contribution is 5.76. The number of aliphatic hydroxyl groups is 1. The van der Waals surface area contributed by atoms with E-state index in [0.29, 0.717) is 0 Å². The minimum absolute atomic E-state index is 0.00783. The number of hydrogen-bond donors (Lipinski definition) is 2. The molecule has 0 fully saturated rings. The first-order valence-electron chi connectivity index (χ1n) is 4.97. The molecule has 0 aliphatic heterocycles. The van der Waals surface area contributed by atoms with Gasteiger partial charge in [-0.2, -0.15) is 0 Å². The Morgan fingerprint density at radius 3 is 2.67 bits per heavy atom. The van der Waals surface area contributed by atoms with E-state index in [-0.39, 0.29) is 24.6 Å². The molecule has 0 aromatic carbocycles. The van der Waals surface area contributed by atoms with Crippen LogP contribution in [0.25, 0.3) is 0 Å². The molecule has 0 spiro atoms. The lowest BCUT2D eigenvalue weighted by Gasteiger charge is -2.20. The van der Waals surface area contributed by atoms with Gasteiger partial charge < -0.3 is 15.0 Å². The normalized spacial score (nSPS) is 11.5. The van der Waals surface area contributed by atoms with Crippen LogP contribution in [0.3, 0.4) is 0 Å². The summed E-state index contributed by atoms with van der Waals surface area (Å²) in [6.07, 6.45) is 3.55. The third-order valence-electron chi connectivity index (χ3n) is 1.83. The minimum atomic E-state index is -0.204. The molecule has 1 heterocycles. The first-order valence-corrected chi connectivity index (χ1v) is 4.97. The Morgan fingerprint density at radius 1 is 1.53 bits per heavy atom. The summed E-state index contributed by atoms with van der Waals surface area (Å²) in [7, 11) is 0. The van der Waals surface area contributed by atoms with Crippen molar-refractivity contribution >= 4 is 5.91 Å². The molecule has 4 nitrogen and oxygen atoms in total. The number of carbonyl (C=O) groups excluding carboxylic acids is 1. The molecule has 15 heavy (non-hydrogen) atoms. The molecule has 1 aromatic heterocycles. The smallest absolute Gasteiger partial charge is 0.240 e. The first kappa shape index (κ1) is 11.8. The molecule has 1 rings (SSSR count). The van der Waals surface area contributed by atoms with Gasteiger partial charge in [0.25, 0.3) is 0 Å². The molecule has 0 saturated carbocycles. The van der Waals surface area contributed by atoms with Crippen molar-refractivity contribution in [1.82, 2.24) is 9.88 Å². The molecule has 1 amide bonds. The molecule has 0 saturated heterocycles. The highest BCUT2D eigenvalue weighted by Crippen LogP contribution is 2.02. The lowest BCUT2D eigenvalue weighted by molar-refractivity contribution is -0.123. The van der Waals surface area contributed by atoms with Crippen molar-refractivity contribution in [3.05, 3.63) is 24.0 Å². The maximum Gasteiger partial charge on any atom is 0.240 e. The second-order valence-electron chi connectivity index (χ2n) is 4.65. The van der Waals surface area contributed by atoms with Crippen LogP contribution in [-0.4, -0.2) is 21.1 Å². The van der Waals surface area contributed by atoms with Gasteiger partial charge in [-0.25, -0.2) is 0 Å². The van der Waals surface area contributed by atoms with Gasteiger partial charge in [0.2, 0.25) is 5.91 Å². The maximum atomic E-state index is 11.5. The van der Waals surface area contributed by atoms with Crippen molar-refractivity contribution in [1.29, 1.82) is 0 Å². The fourth-order valence-corrected chi connectivity index (χ4v) is 1.31. The van der Waals surface area contributed by atoms with Crippen molar-refractivity contribution < 1.29 is 9.90 Å². The van der Waals surface area contributed by atoms with Gasteiger partial charge in [0.15, 0.2) is 0 Å². The van der Waals surface area contributed by atoms with E-state index in [1.807, 2.05) is 20.8 Å². The molecule has 4 heteroatoms. The summed E-state index contributed by atoms with van der Waals surface area (Å²) in [6, 6.07) is 1.80. The topological polar surface area (TPSA) is 54.3 Å². The molecule has 0 bridgehead atoms. The average molecular weight is 210 g/mol. The quantitative estimate of drug-likeness (QED) is 0.778. The number of carbonyl (C=O) groups is 1. The summed E-state index contributed by atoms with van der Waals surface area (Å²) in [5.74, 6) is -0.0254. The molecule has 0 atom stereocenters. The Hall–Kier alpha value is -1.29. The number of amides is 1. The molecule has 0 aliphatic rings. The zero-order chi connectivity index (χ0) is 11.5. The zero-order valence-electron chi connectivity index (χ0n) is 9.45. The number of aromatic nitrogens is 1. The van der Waals surface area contributed by atoms with E-state index in [1.165, 1.54) is 0 Å². The Morgan fingerprint density at radius 2 is 2.20 bits per heavy atom.